The van der Waals surface area contributed by atoms with Crippen molar-refractivity contribution in [3.05, 3.63) is 209 Å². The Labute approximate surface area is 318 Å². The molecule has 3 heterocycles. The Morgan fingerprint density at radius 2 is 1.50 bits per heavy atom. The van der Waals surface area contributed by atoms with Crippen LogP contribution in [0, 0.1) is 5.92 Å². The van der Waals surface area contributed by atoms with E-state index in [-0.39, 0.29) is 12.2 Å². The topological polar surface area (TPSA) is 20.2 Å². The van der Waals surface area contributed by atoms with Gasteiger partial charge in [-0.1, -0.05) is 134 Å². The Balaban J connectivity index is 1.04. The van der Waals surface area contributed by atoms with Gasteiger partial charge < -0.3 is 14.8 Å². The molecule has 3 heteroatoms. The van der Waals surface area contributed by atoms with E-state index in [4.69, 9.17) is 0 Å². The van der Waals surface area contributed by atoms with Crippen LogP contribution < -0.4 is 10.2 Å². The van der Waals surface area contributed by atoms with Crippen molar-refractivity contribution < 1.29 is 0 Å². The number of allylic oxidation sites excluding steroid dienone is 10. The molecule has 0 saturated heterocycles. The van der Waals surface area contributed by atoms with E-state index in [0.29, 0.717) is 11.8 Å². The van der Waals surface area contributed by atoms with Crippen molar-refractivity contribution in [3.63, 3.8) is 0 Å². The zero-order valence-corrected chi connectivity index (χ0v) is 30.4. The Morgan fingerprint density at radius 3 is 2.37 bits per heavy atom. The van der Waals surface area contributed by atoms with Gasteiger partial charge in [0.1, 0.15) is 6.17 Å². The quantitative estimate of drug-likeness (QED) is 0.197. The number of nitrogens with one attached hydrogen (secondary N) is 1. The molecule has 1 N–H and O–H groups in total. The Hall–Kier alpha value is -6.06. The molecular formula is C51H43N3. The fourth-order valence-corrected chi connectivity index (χ4v) is 9.83. The van der Waals surface area contributed by atoms with Gasteiger partial charge >= 0.3 is 0 Å². The van der Waals surface area contributed by atoms with Gasteiger partial charge in [-0.25, -0.2) is 0 Å². The highest BCUT2D eigenvalue weighted by Crippen LogP contribution is 2.49. The van der Waals surface area contributed by atoms with Crippen molar-refractivity contribution in [2.24, 2.45) is 5.92 Å². The SMILES string of the molecule is C1=CC(C2C=Cc3c(n(C4C=C(c5ccccc5)c5ccccc5N4)c4ccc(C5=CC6c7ccccc7N(C7=CCCC=C7)C6C=C5)cc34)C2)=CCC1. The maximum atomic E-state index is 3.98. The molecule has 0 spiro atoms. The Kier molecular flexibility index (Phi) is 7.46. The first-order valence-electron chi connectivity index (χ1n) is 19.8. The van der Waals surface area contributed by atoms with E-state index in [2.05, 4.69) is 185 Å². The molecular weight excluding hydrogens is 655 g/mol. The summed E-state index contributed by atoms with van der Waals surface area (Å²) in [6.45, 7) is 0. The van der Waals surface area contributed by atoms with Crippen LogP contribution in [-0.2, 0) is 6.42 Å². The van der Waals surface area contributed by atoms with Gasteiger partial charge in [0.05, 0.1) is 11.6 Å². The molecule has 6 aliphatic rings. The number of nitrogens with zero attached hydrogens (tertiary/aromatic N) is 2. The average Bonchev–Trinajstić information content (AvgIpc) is 3.76. The summed E-state index contributed by atoms with van der Waals surface area (Å²) in [6.07, 6.45) is 34.3. The van der Waals surface area contributed by atoms with Crippen molar-refractivity contribution in [2.75, 3.05) is 10.2 Å². The minimum Gasteiger partial charge on any atom is -0.361 e. The molecule has 0 radical (unpaired) electrons. The summed E-state index contributed by atoms with van der Waals surface area (Å²) in [5.41, 5.74) is 17.1. The summed E-state index contributed by atoms with van der Waals surface area (Å²) in [4.78, 5) is 2.56. The lowest BCUT2D eigenvalue weighted by molar-refractivity contribution is 0.623. The zero-order valence-electron chi connectivity index (χ0n) is 30.4. The second kappa shape index (κ2) is 12.8. The van der Waals surface area contributed by atoms with E-state index < -0.39 is 0 Å². The average molecular weight is 698 g/mol. The van der Waals surface area contributed by atoms with E-state index in [1.807, 2.05) is 0 Å². The van der Waals surface area contributed by atoms with Crippen LogP contribution in [0.1, 0.15) is 71.3 Å². The van der Waals surface area contributed by atoms with Crippen molar-refractivity contribution >= 4 is 39.5 Å². The summed E-state index contributed by atoms with van der Waals surface area (Å²) in [5.74, 6) is 0.669. The molecule has 2 aliphatic heterocycles. The molecule has 5 aromatic rings. The molecule has 4 atom stereocenters. The second-order valence-electron chi connectivity index (χ2n) is 15.4. The lowest BCUT2D eigenvalue weighted by atomic mass is 9.84. The van der Waals surface area contributed by atoms with Crippen LogP contribution in [0.15, 0.2) is 175 Å². The van der Waals surface area contributed by atoms with Crippen molar-refractivity contribution in [3.8, 4) is 0 Å². The molecule has 4 unspecified atom stereocenters. The molecule has 0 saturated carbocycles. The molecule has 3 nitrogen and oxygen atoms in total. The van der Waals surface area contributed by atoms with Gasteiger partial charge in [-0.3, -0.25) is 0 Å². The van der Waals surface area contributed by atoms with Crippen molar-refractivity contribution in [2.45, 2.75) is 50.2 Å². The summed E-state index contributed by atoms with van der Waals surface area (Å²) in [6, 6.07) is 36.2. The summed E-state index contributed by atoms with van der Waals surface area (Å²) >= 11 is 0. The lowest BCUT2D eigenvalue weighted by Crippen LogP contribution is -2.32. The highest BCUT2D eigenvalue weighted by Gasteiger charge is 2.39. The predicted molar refractivity (Wildman–Crippen MR) is 226 cm³/mol. The van der Waals surface area contributed by atoms with Gasteiger partial charge in [0.25, 0.3) is 0 Å². The number of anilines is 2. The maximum absolute atomic E-state index is 3.98. The normalized spacial score (nSPS) is 23.4. The number of para-hydroxylation sites is 2. The number of fused-ring (bicyclic) bond motifs is 7. The summed E-state index contributed by atoms with van der Waals surface area (Å²) < 4.78 is 2.61. The fraction of sp³-hybridized carbons (Fsp3) is 0.176. The Morgan fingerprint density at radius 1 is 0.667 bits per heavy atom. The first-order valence-corrected chi connectivity index (χ1v) is 19.8. The van der Waals surface area contributed by atoms with Gasteiger partial charge in [0, 0.05) is 51.1 Å². The third-order valence-corrected chi connectivity index (χ3v) is 12.4. The van der Waals surface area contributed by atoms with E-state index in [9.17, 15) is 0 Å². The number of benzene rings is 4. The number of hydrogen-bond acceptors (Lipinski definition) is 2. The van der Waals surface area contributed by atoms with E-state index in [1.54, 1.807) is 0 Å². The minimum absolute atomic E-state index is 0.0334. The highest BCUT2D eigenvalue weighted by atomic mass is 15.2. The van der Waals surface area contributed by atoms with Crippen molar-refractivity contribution in [1.29, 1.82) is 0 Å². The van der Waals surface area contributed by atoms with Crippen molar-refractivity contribution in [1.82, 2.24) is 4.57 Å². The first-order chi connectivity index (χ1) is 26.8. The molecule has 4 aliphatic carbocycles. The maximum Gasteiger partial charge on any atom is 0.124 e. The van der Waals surface area contributed by atoms with Gasteiger partial charge in [-0.15, -0.1) is 0 Å². The van der Waals surface area contributed by atoms with E-state index >= 15 is 0 Å². The first kappa shape index (κ1) is 31.5. The number of rotatable bonds is 5. The van der Waals surface area contributed by atoms with Gasteiger partial charge in [-0.05, 0) is 102 Å². The molecule has 0 fully saturated rings. The number of aromatic nitrogens is 1. The predicted octanol–water partition coefficient (Wildman–Crippen LogP) is 12.3. The van der Waals surface area contributed by atoms with Gasteiger partial charge in [0.2, 0.25) is 0 Å². The molecule has 262 valence electrons. The van der Waals surface area contributed by atoms with Crippen LogP contribution in [0.5, 0.6) is 0 Å². The lowest BCUT2D eigenvalue weighted by Gasteiger charge is -2.31. The van der Waals surface area contributed by atoms with Crippen LogP contribution in [0.3, 0.4) is 0 Å². The smallest absolute Gasteiger partial charge is 0.124 e. The standard InChI is InChI=1S/C51H43N3/c1-4-14-34(15-5-1)38-24-27-42-45-31-37(36-25-28-48-44(30-36)41-21-11-13-23-47(41)53(48)39-18-8-3-9-19-39)26-29-49(45)54(50(42)32-38)51-33-43(35-16-6-2-7-17-35)40-20-10-12-22-46(40)52-51/h2,4,6-8,10-31,33,38,44,48,51-52H,1,3,5,9,32H2. The number of hydrogen-bond donors (Lipinski definition) is 1. The highest BCUT2D eigenvalue weighted by molar-refractivity contribution is 5.96. The monoisotopic (exact) mass is 697 g/mol. The molecule has 4 aromatic carbocycles. The fourth-order valence-electron chi connectivity index (χ4n) is 9.83. The van der Waals surface area contributed by atoms with Crippen LogP contribution in [0.25, 0.3) is 28.1 Å². The van der Waals surface area contributed by atoms with Crippen LogP contribution >= 0.6 is 0 Å². The molecule has 54 heavy (non-hydrogen) atoms. The van der Waals surface area contributed by atoms with E-state index in [1.165, 1.54) is 78.2 Å². The third kappa shape index (κ3) is 5.10. The molecule has 1 aromatic heterocycles. The Bertz CT molecular complexity index is 2580. The van der Waals surface area contributed by atoms with E-state index in [0.717, 1.165) is 32.1 Å². The molecule has 11 rings (SSSR count). The van der Waals surface area contributed by atoms with Crippen LogP contribution in [0.2, 0.25) is 0 Å². The molecule has 0 bridgehead atoms. The second-order valence-corrected chi connectivity index (χ2v) is 15.4. The summed E-state index contributed by atoms with van der Waals surface area (Å²) in [7, 11) is 0. The van der Waals surface area contributed by atoms with Gasteiger partial charge in [0.15, 0.2) is 0 Å². The zero-order chi connectivity index (χ0) is 35.6. The van der Waals surface area contributed by atoms with Gasteiger partial charge in [-0.2, -0.15) is 0 Å². The summed E-state index contributed by atoms with van der Waals surface area (Å²) in [5, 5.41) is 5.30. The third-order valence-electron chi connectivity index (χ3n) is 12.4. The van der Waals surface area contributed by atoms with Crippen LogP contribution in [0.4, 0.5) is 11.4 Å². The minimum atomic E-state index is -0.0334. The van der Waals surface area contributed by atoms with Crippen LogP contribution in [-0.4, -0.2) is 10.6 Å². The molecule has 0 amide bonds. The largest absolute Gasteiger partial charge is 0.361 e.